The Morgan fingerprint density at radius 1 is 0.909 bits per heavy atom. The van der Waals surface area contributed by atoms with E-state index in [0.717, 1.165) is 48.4 Å². The number of Topliss-reactive ketones (excluding diaryl/α,β-unsaturated/α-hetero) is 1. The highest BCUT2D eigenvalue weighted by atomic mass is 16.5. The molecule has 1 N–H and O–H groups in total. The Bertz CT molecular complexity index is 1050. The van der Waals surface area contributed by atoms with E-state index in [1.54, 1.807) is 7.11 Å². The van der Waals surface area contributed by atoms with Crippen LogP contribution in [-0.2, 0) is 0 Å². The van der Waals surface area contributed by atoms with E-state index in [1.807, 2.05) is 66.7 Å². The van der Waals surface area contributed by atoms with Gasteiger partial charge in [-0.25, -0.2) is 0 Å². The molecule has 5 rings (SSSR count). The molecule has 33 heavy (non-hydrogen) atoms. The smallest absolute Gasteiger partial charge is 0.176 e. The van der Waals surface area contributed by atoms with Crippen LogP contribution in [0.3, 0.4) is 0 Å². The highest BCUT2D eigenvalue weighted by molar-refractivity contribution is 5.98. The van der Waals surface area contributed by atoms with Crippen molar-refractivity contribution in [2.24, 2.45) is 11.8 Å². The molecule has 0 radical (unpaired) electrons. The van der Waals surface area contributed by atoms with Crippen LogP contribution in [0.5, 0.6) is 5.75 Å². The van der Waals surface area contributed by atoms with Crippen molar-refractivity contribution in [3.63, 3.8) is 0 Å². The first-order chi connectivity index (χ1) is 16.0. The van der Waals surface area contributed by atoms with Crippen molar-refractivity contribution in [2.75, 3.05) is 26.7 Å². The molecule has 1 unspecified atom stereocenters. The number of aryl methyl sites for hydroxylation is 1. The molecular formula is C29H33NO3. The molecule has 0 amide bonds. The van der Waals surface area contributed by atoms with Crippen molar-refractivity contribution in [1.29, 1.82) is 0 Å². The molecule has 1 aliphatic heterocycles. The van der Waals surface area contributed by atoms with Gasteiger partial charge in [0.25, 0.3) is 0 Å². The third kappa shape index (κ3) is 6.10. The monoisotopic (exact) mass is 443 g/mol. The minimum atomic E-state index is -0.137. The van der Waals surface area contributed by atoms with Crippen molar-refractivity contribution in [1.82, 2.24) is 4.90 Å². The predicted octanol–water partition coefficient (Wildman–Crippen LogP) is 5.24. The summed E-state index contributed by atoms with van der Waals surface area (Å²) < 4.78 is 5.30. The van der Waals surface area contributed by atoms with Crippen molar-refractivity contribution in [2.45, 2.75) is 25.9 Å². The molecule has 1 aliphatic carbocycles. The van der Waals surface area contributed by atoms with Crippen LogP contribution in [0.25, 0.3) is 11.1 Å². The molecule has 1 heterocycles. The van der Waals surface area contributed by atoms with Gasteiger partial charge in [0, 0.05) is 18.7 Å². The SMILES string of the molecule is COc1cccc(-c2cccc(C(=O)CN3C[C@H]4CC(O)C[C@H]4C3)c2)c1.Cc1ccccc1. The van der Waals surface area contributed by atoms with Crippen LogP contribution in [0.2, 0.25) is 0 Å². The number of carbonyl (C=O) groups is 1. The molecule has 0 bridgehead atoms. The first-order valence-corrected chi connectivity index (χ1v) is 11.7. The third-order valence-corrected chi connectivity index (χ3v) is 6.70. The number of ketones is 1. The summed E-state index contributed by atoms with van der Waals surface area (Å²) in [6.45, 7) is 4.41. The van der Waals surface area contributed by atoms with Gasteiger partial charge in [0.05, 0.1) is 19.8 Å². The number of fused-ring (bicyclic) bond motifs is 1. The molecule has 1 saturated heterocycles. The maximum absolute atomic E-state index is 12.8. The lowest BCUT2D eigenvalue weighted by Crippen LogP contribution is -2.29. The molecule has 4 nitrogen and oxygen atoms in total. The Hall–Kier alpha value is -2.95. The van der Waals surface area contributed by atoms with E-state index in [-0.39, 0.29) is 11.9 Å². The van der Waals surface area contributed by atoms with Crippen LogP contribution < -0.4 is 4.74 Å². The molecule has 172 valence electrons. The number of aliphatic hydroxyl groups excluding tert-OH is 1. The van der Waals surface area contributed by atoms with E-state index < -0.39 is 0 Å². The van der Waals surface area contributed by atoms with E-state index >= 15 is 0 Å². The van der Waals surface area contributed by atoms with Crippen LogP contribution >= 0.6 is 0 Å². The zero-order valence-electron chi connectivity index (χ0n) is 19.5. The molecular weight excluding hydrogens is 410 g/mol. The predicted molar refractivity (Wildman–Crippen MR) is 133 cm³/mol. The van der Waals surface area contributed by atoms with Crippen LogP contribution in [0.1, 0.15) is 28.8 Å². The summed E-state index contributed by atoms with van der Waals surface area (Å²) in [5.74, 6) is 2.09. The second kappa shape index (κ2) is 10.8. The zero-order chi connectivity index (χ0) is 23.2. The van der Waals surface area contributed by atoms with E-state index in [2.05, 4.69) is 24.0 Å². The molecule has 3 aromatic carbocycles. The number of hydrogen-bond donors (Lipinski definition) is 1. The summed E-state index contributed by atoms with van der Waals surface area (Å²) >= 11 is 0. The zero-order valence-corrected chi connectivity index (χ0v) is 19.5. The Kier molecular flexibility index (Phi) is 7.58. The van der Waals surface area contributed by atoms with Crippen molar-refractivity contribution in [3.05, 3.63) is 90.0 Å². The number of aliphatic hydroxyl groups is 1. The quantitative estimate of drug-likeness (QED) is 0.548. The minimum absolute atomic E-state index is 0.137. The molecule has 0 aromatic heterocycles. The van der Waals surface area contributed by atoms with Gasteiger partial charge in [-0.05, 0) is 60.9 Å². The van der Waals surface area contributed by atoms with Crippen molar-refractivity contribution < 1.29 is 14.6 Å². The third-order valence-electron chi connectivity index (χ3n) is 6.70. The van der Waals surface area contributed by atoms with Crippen molar-refractivity contribution in [3.8, 4) is 16.9 Å². The summed E-state index contributed by atoms with van der Waals surface area (Å²) in [7, 11) is 1.66. The number of carbonyl (C=O) groups excluding carboxylic acids is 1. The van der Waals surface area contributed by atoms with Gasteiger partial charge in [0.15, 0.2) is 5.78 Å². The average Bonchev–Trinajstić information content (AvgIpc) is 3.36. The average molecular weight is 444 g/mol. The highest BCUT2D eigenvalue weighted by Crippen LogP contribution is 2.38. The summed E-state index contributed by atoms with van der Waals surface area (Å²) in [6, 6.07) is 26.0. The lowest BCUT2D eigenvalue weighted by Gasteiger charge is -2.17. The van der Waals surface area contributed by atoms with Gasteiger partial charge in [-0.15, -0.1) is 0 Å². The molecule has 2 fully saturated rings. The lowest BCUT2D eigenvalue weighted by molar-refractivity contribution is 0.0935. The fourth-order valence-corrected chi connectivity index (χ4v) is 5.00. The summed E-state index contributed by atoms with van der Waals surface area (Å²) in [6.07, 6.45) is 1.64. The standard InChI is InChI=1S/C22H25NO3.C7H8/c1-26-21-7-3-5-16(11-21)15-4-2-6-17(8-15)22(25)14-23-12-18-9-20(24)10-19(18)13-23;1-7-5-3-2-4-6-7/h2-8,11,18-20,24H,9-10,12-14H2,1H3;2-6H,1H3/t18-,19+,20?;. The minimum Gasteiger partial charge on any atom is -0.497 e. The fourth-order valence-electron chi connectivity index (χ4n) is 5.00. The topological polar surface area (TPSA) is 49.8 Å². The first-order valence-electron chi connectivity index (χ1n) is 11.7. The molecule has 3 atom stereocenters. The van der Waals surface area contributed by atoms with E-state index in [0.29, 0.717) is 18.4 Å². The molecule has 3 aromatic rings. The summed E-state index contributed by atoms with van der Waals surface area (Å²) in [5.41, 5.74) is 4.14. The number of nitrogens with zero attached hydrogens (tertiary/aromatic N) is 1. The van der Waals surface area contributed by atoms with Gasteiger partial charge in [0.1, 0.15) is 5.75 Å². The van der Waals surface area contributed by atoms with Gasteiger partial charge in [-0.3, -0.25) is 9.69 Å². The maximum atomic E-state index is 12.8. The Morgan fingerprint density at radius 2 is 1.55 bits per heavy atom. The molecule has 4 heteroatoms. The first kappa shape index (κ1) is 23.2. The van der Waals surface area contributed by atoms with Crippen LogP contribution in [0, 0.1) is 18.8 Å². The Balaban J connectivity index is 0.000000318. The highest BCUT2D eigenvalue weighted by Gasteiger charge is 2.40. The molecule has 0 spiro atoms. The Labute approximate surface area is 196 Å². The molecule has 1 saturated carbocycles. The van der Waals surface area contributed by atoms with Crippen LogP contribution in [0.15, 0.2) is 78.9 Å². The maximum Gasteiger partial charge on any atom is 0.176 e. The van der Waals surface area contributed by atoms with Crippen molar-refractivity contribution >= 4 is 5.78 Å². The summed E-state index contributed by atoms with van der Waals surface area (Å²) in [4.78, 5) is 15.0. The fraction of sp³-hybridized carbons (Fsp3) is 0.345. The van der Waals surface area contributed by atoms with Gasteiger partial charge < -0.3 is 9.84 Å². The number of hydrogen-bond acceptors (Lipinski definition) is 4. The number of benzene rings is 3. The van der Waals surface area contributed by atoms with Gasteiger partial charge in [0.2, 0.25) is 0 Å². The number of methoxy groups -OCH3 is 1. The lowest BCUT2D eigenvalue weighted by atomic mass is 10.0. The Morgan fingerprint density at radius 3 is 2.15 bits per heavy atom. The number of likely N-dealkylation sites (tertiary alicyclic amines) is 1. The van der Waals surface area contributed by atoms with Crippen LogP contribution in [-0.4, -0.2) is 48.6 Å². The summed E-state index contributed by atoms with van der Waals surface area (Å²) in [5, 5.41) is 9.76. The molecule has 2 aliphatic rings. The van der Waals surface area contributed by atoms with Gasteiger partial charge in [-0.2, -0.15) is 0 Å². The normalized spacial score (nSPS) is 21.7. The largest absolute Gasteiger partial charge is 0.497 e. The van der Waals surface area contributed by atoms with Gasteiger partial charge in [-0.1, -0.05) is 66.2 Å². The number of rotatable bonds is 5. The van der Waals surface area contributed by atoms with E-state index in [9.17, 15) is 9.90 Å². The van der Waals surface area contributed by atoms with E-state index in [4.69, 9.17) is 4.74 Å². The second-order valence-electron chi connectivity index (χ2n) is 9.23. The van der Waals surface area contributed by atoms with E-state index in [1.165, 1.54) is 5.56 Å². The van der Waals surface area contributed by atoms with Gasteiger partial charge >= 0.3 is 0 Å². The van der Waals surface area contributed by atoms with Crippen LogP contribution in [0.4, 0.5) is 0 Å². The number of ether oxygens (including phenoxy) is 1. The second-order valence-corrected chi connectivity index (χ2v) is 9.23.